The third-order valence-electron chi connectivity index (χ3n) is 5.29. The summed E-state index contributed by atoms with van der Waals surface area (Å²) in [6.07, 6.45) is 0. The lowest BCUT2D eigenvalue weighted by atomic mass is 9.98. The molecule has 0 saturated heterocycles. The number of methoxy groups -OCH3 is 1. The fourth-order valence-electron chi connectivity index (χ4n) is 3.92. The molecule has 3 heterocycles. The van der Waals surface area contributed by atoms with Gasteiger partial charge in [0.05, 0.1) is 30.7 Å². The van der Waals surface area contributed by atoms with Crippen LogP contribution in [0, 0.1) is 6.92 Å². The summed E-state index contributed by atoms with van der Waals surface area (Å²) in [5.74, 6) is 0.734. The second-order valence-electron chi connectivity index (χ2n) is 7.22. The Morgan fingerprint density at radius 2 is 1.97 bits per heavy atom. The quantitative estimate of drug-likeness (QED) is 0.452. The number of aromatic nitrogens is 2. The van der Waals surface area contributed by atoms with E-state index in [0.29, 0.717) is 39.2 Å². The van der Waals surface area contributed by atoms with E-state index >= 15 is 0 Å². The molecule has 0 bridgehead atoms. The lowest BCUT2D eigenvalue weighted by Gasteiger charge is -2.22. The molecule has 0 N–H and O–H groups in total. The molecule has 2 aromatic carbocycles. The number of carbonyl (C=O) groups is 1. The first-order chi connectivity index (χ1) is 15.5. The van der Waals surface area contributed by atoms with Gasteiger partial charge in [0, 0.05) is 6.07 Å². The van der Waals surface area contributed by atoms with E-state index in [1.165, 1.54) is 23.3 Å². The number of benzene rings is 2. The van der Waals surface area contributed by atoms with Crippen LogP contribution in [0.25, 0.3) is 11.0 Å². The minimum atomic E-state index is -0.715. The number of fused-ring (bicyclic) bond motifs is 2. The lowest BCUT2D eigenvalue weighted by Crippen LogP contribution is -2.29. The molecule has 4 aromatic rings. The highest BCUT2D eigenvalue weighted by atomic mass is 32.1. The average Bonchev–Trinajstić information content (AvgIpc) is 3.35. The number of ether oxygens (including phenoxy) is 2. The lowest BCUT2D eigenvalue weighted by molar-refractivity contribution is 0.0970. The first kappa shape index (κ1) is 20.2. The fraction of sp³-hybridized carbons (Fsp3) is 0.217. The Labute approximate surface area is 187 Å². The van der Waals surface area contributed by atoms with Crippen molar-refractivity contribution in [3.63, 3.8) is 0 Å². The molecule has 8 nitrogen and oxygen atoms in total. The van der Waals surface area contributed by atoms with Gasteiger partial charge in [-0.05, 0) is 43.7 Å². The van der Waals surface area contributed by atoms with Crippen LogP contribution in [0.5, 0.6) is 11.5 Å². The smallest absolute Gasteiger partial charge is 0.297 e. The van der Waals surface area contributed by atoms with Crippen LogP contribution in [0.4, 0.5) is 5.13 Å². The fourth-order valence-corrected chi connectivity index (χ4v) is 4.63. The monoisotopic (exact) mass is 449 g/mol. The molecule has 1 amide bonds. The van der Waals surface area contributed by atoms with Crippen LogP contribution in [0.2, 0.25) is 0 Å². The molecule has 1 unspecified atom stereocenters. The van der Waals surface area contributed by atoms with E-state index in [4.69, 9.17) is 13.9 Å². The van der Waals surface area contributed by atoms with E-state index in [9.17, 15) is 9.59 Å². The van der Waals surface area contributed by atoms with Crippen molar-refractivity contribution < 1.29 is 18.7 Å². The number of rotatable bonds is 5. The van der Waals surface area contributed by atoms with Gasteiger partial charge >= 0.3 is 0 Å². The zero-order valence-corrected chi connectivity index (χ0v) is 18.4. The van der Waals surface area contributed by atoms with Crippen molar-refractivity contribution in [2.45, 2.75) is 19.9 Å². The van der Waals surface area contributed by atoms with Gasteiger partial charge in [0.25, 0.3) is 5.91 Å². The second kappa shape index (κ2) is 7.76. The molecular weight excluding hydrogens is 430 g/mol. The van der Waals surface area contributed by atoms with E-state index in [1.54, 1.807) is 18.2 Å². The van der Waals surface area contributed by atoms with Crippen molar-refractivity contribution in [1.82, 2.24) is 10.2 Å². The Morgan fingerprint density at radius 1 is 1.12 bits per heavy atom. The summed E-state index contributed by atoms with van der Waals surface area (Å²) in [5, 5.41) is 9.71. The van der Waals surface area contributed by atoms with Crippen LogP contribution < -0.4 is 19.8 Å². The normalized spacial score (nSPS) is 15.3. The average molecular weight is 449 g/mol. The van der Waals surface area contributed by atoms with Crippen LogP contribution >= 0.6 is 11.3 Å². The van der Waals surface area contributed by atoms with Crippen molar-refractivity contribution in [2.24, 2.45) is 0 Å². The van der Waals surface area contributed by atoms with Crippen LogP contribution in [0.3, 0.4) is 0 Å². The van der Waals surface area contributed by atoms with E-state index in [2.05, 4.69) is 10.2 Å². The Kier molecular flexibility index (Phi) is 4.90. The molecule has 0 fully saturated rings. The van der Waals surface area contributed by atoms with Gasteiger partial charge < -0.3 is 13.9 Å². The summed E-state index contributed by atoms with van der Waals surface area (Å²) < 4.78 is 16.9. The predicted octanol–water partition coefficient (Wildman–Crippen LogP) is 4.11. The molecular formula is C23H19N3O5S. The van der Waals surface area contributed by atoms with Gasteiger partial charge in [-0.2, -0.15) is 0 Å². The third kappa shape index (κ3) is 3.13. The first-order valence-corrected chi connectivity index (χ1v) is 10.8. The molecule has 1 aliphatic rings. The maximum atomic E-state index is 13.6. The molecule has 1 atom stereocenters. The van der Waals surface area contributed by atoms with Gasteiger partial charge in [-0.1, -0.05) is 23.5 Å². The number of nitrogens with zero attached hydrogens (tertiary/aromatic N) is 3. The number of amides is 1. The van der Waals surface area contributed by atoms with Crippen LogP contribution in [0.1, 0.15) is 39.7 Å². The molecule has 162 valence electrons. The second-order valence-corrected chi connectivity index (χ2v) is 8.38. The number of hydrogen-bond donors (Lipinski definition) is 0. The summed E-state index contributed by atoms with van der Waals surface area (Å²) in [5.41, 5.74) is 1.01. The maximum absolute atomic E-state index is 13.6. The topological polar surface area (TPSA) is 94.8 Å². The standard InChI is InChI=1S/C23H19N3O5S/c1-4-30-15-7-5-6-13(10-15)19-18-20(27)16-9-8-14(29-3)11-17(16)31-21(18)22(28)26(19)23-25-24-12(2)32-23/h5-11,19H,4H2,1-3H3. The minimum absolute atomic E-state index is 0.00424. The Bertz CT molecular complexity index is 1410. The Hall–Kier alpha value is -3.72. The predicted molar refractivity (Wildman–Crippen MR) is 120 cm³/mol. The highest BCUT2D eigenvalue weighted by Gasteiger charge is 2.45. The Morgan fingerprint density at radius 3 is 2.69 bits per heavy atom. The molecule has 5 rings (SSSR count). The zero-order chi connectivity index (χ0) is 22.4. The van der Waals surface area contributed by atoms with E-state index in [1.807, 2.05) is 38.1 Å². The van der Waals surface area contributed by atoms with E-state index in [-0.39, 0.29) is 16.8 Å². The SMILES string of the molecule is CCOc1cccc(C2c3c(oc4cc(OC)ccc4c3=O)C(=O)N2c2nnc(C)s2)c1. The summed E-state index contributed by atoms with van der Waals surface area (Å²) in [6, 6.07) is 11.6. The zero-order valence-electron chi connectivity index (χ0n) is 17.6. The minimum Gasteiger partial charge on any atom is -0.497 e. The molecule has 0 aliphatic carbocycles. The van der Waals surface area contributed by atoms with Crippen molar-refractivity contribution in [1.29, 1.82) is 0 Å². The molecule has 0 spiro atoms. The Balaban J connectivity index is 1.78. The summed E-state index contributed by atoms with van der Waals surface area (Å²) in [7, 11) is 1.53. The molecule has 2 aromatic heterocycles. The molecule has 0 radical (unpaired) electrons. The van der Waals surface area contributed by atoms with Gasteiger partial charge in [0.2, 0.25) is 10.9 Å². The van der Waals surface area contributed by atoms with Crippen LogP contribution in [-0.4, -0.2) is 29.8 Å². The summed E-state index contributed by atoms with van der Waals surface area (Å²) >= 11 is 1.28. The van der Waals surface area contributed by atoms with Crippen molar-refractivity contribution in [3.8, 4) is 11.5 Å². The highest BCUT2D eigenvalue weighted by molar-refractivity contribution is 7.15. The van der Waals surface area contributed by atoms with Crippen LogP contribution in [-0.2, 0) is 0 Å². The molecule has 0 saturated carbocycles. The van der Waals surface area contributed by atoms with Gasteiger partial charge in [0.1, 0.15) is 22.1 Å². The van der Waals surface area contributed by atoms with Crippen molar-refractivity contribution >= 4 is 33.3 Å². The van der Waals surface area contributed by atoms with Gasteiger partial charge in [-0.3, -0.25) is 14.5 Å². The third-order valence-corrected chi connectivity index (χ3v) is 6.12. The summed E-state index contributed by atoms with van der Waals surface area (Å²) in [6.45, 7) is 4.20. The number of anilines is 1. The number of aryl methyl sites for hydroxylation is 1. The van der Waals surface area contributed by atoms with E-state index in [0.717, 1.165) is 5.56 Å². The number of carbonyl (C=O) groups excluding carboxylic acids is 1. The van der Waals surface area contributed by atoms with E-state index < -0.39 is 11.9 Å². The highest BCUT2D eigenvalue weighted by Crippen LogP contribution is 2.42. The van der Waals surface area contributed by atoms with Crippen molar-refractivity contribution in [3.05, 3.63) is 74.6 Å². The molecule has 1 aliphatic heterocycles. The van der Waals surface area contributed by atoms with Gasteiger partial charge in [-0.25, -0.2) is 0 Å². The largest absolute Gasteiger partial charge is 0.497 e. The van der Waals surface area contributed by atoms with Crippen LogP contribution in [0.15, 0.2) is 51.7 Å². The van der Waals surface area contributed by atoms with Gasteiger partial charge in [-0.15, -0.1) is 10.2 Å². The molecule has 9 heteroatoms. The summed E-state index contributed by atoms with van der Waals surface area (Å²) in [4.78, 5) is 28.6. The first-order valence-electron chi connectivity index (χ1n) is 10.0. The van der Waals surface area contributed by atoms with Gasteiger partial charge in [0.15, 0.2) is 5.43 Å². The maximum Gasteiger partial charge on any atom is 0.297 e. The number of hydrogen-bond acceptors (Lipinski definition) is 8. The molecule has 32 heavy (non-hydrogen) atoms. The van der Waals surface area contributed by atoms with Crippen molar-refractivity contribution in [2.75, 3.05) is 18.6 Å².